The highest BCUT2D eigenvalue weighted by atomic mass is 16.7. The standard InChI is InChI=1S/C20H21NO2/c1-20(2)13-18(17-11-7-4-8-12-17)21(19(20)14-22)23-15-16-9-5-3-6-10-16/h3-14,19H,15H2,1-2H3. The quantitative estimate of drug-likeness (QED) is 0.780. The number of nitrogens with zero attached hydrogens (tertiary/aromatic N) is 1. The van der Waals surface area contributed by atoms with Gasteiger partial charge in [0.05, 0.1) is 12.3 Å². The Hall–Kier alpha value is -2.39. The Bertz CT molecular complexity index is 692. The van der Waals surface area contributed by atoms with E-state index < -0.39 is 0 Å². The lowest BCUT2D eigenvalue weighted by molar-refractivity contribution is -0.161. The fourth-order valence-corrected chi connectivity index (χ4v) is 2.87. The molecule has 1 unspecified atom stereocenters. The van der Waals surface area contributed by atoms with Crippen LogP contribution < -0.4 is 0 Å². The molecule has 1 heterocycles. The molecule has 1 atom stereocenters. The molecule has 0 spiro atoms. The molecule has 0 aliphatic carbocycles. The summed E-state index contributed by atoms with van der Waals surface area (Å²) >= 11 is 0. The zero-order valence-electron chi connectivity index (χ0n) is 13.5. The number of hydrogen-bond donors (Lipinski definition) is 0. The van der Waals surface area contributed by atoms with Crippen molar-refractivity contribution in [1.29, 1.82) is 0 Å². The Balaban J connectivity index is 1.87. The summed E-state index contributed by atoms with van der Waals surface area (Å²) in [5, 5.41) is 1.76. The largest absolute Gasteiger partial charge is 0.301 e. The van der Waals surface area contributed by atoms with E-state index in [0.717, 1.165) is 23.1 Å². The minimum atomic E-state index is -0.332. The molecule has 2 aromatic carbocycles. The van der Waals surface area contributed by atoms with Crippen LogP contribution in [0, 0.1) is 5.41 Å². The van der Waals surface area contributed by atoms with E-state index in [1.165, 1.54) is 0 Å². The summed E-state index contributed by atoms with van der Waals surface area (Å²) in [6.07, 6.45) is 3.09. The molecule has 3 rings (SSSR count). The molecule has 0 radical (unpaired) electrons. The first-order valence-electron chi connectivity index (χ1n) is 7.81. The summed E-state index contributed by atoms with van der Waals surface area (Å²) in [5.74, 6) is 0. The van der Waals surface area contributed by atoms with Gasteiger partial charge in [-0.05, 0) is 17.2 Å². The molecular weight excluding hydrogens is 286 g/mol. The highest BCUT2D eigenvalue weighted by Gasteiger charge is 2.41. The second kappa shape index (κ2) is 6.39. The monoisotopic (exact) mass is 307 g/mol. The molecule has 0 saturated carbocycles. The van der Waals surface area contributed by atoms with Gasteiger partial charge in [0.25, 0.3) is 0 Å². The molecule has 3 nitrogen and oxygen atoms in total. The molecule has 3 heteroatoms. The van der Waals surface area contributed by atoms with Gasteiger partial charge in [0.2, 0.25) is 0 Å². The third-order valence-electron chi connectivity index (χ3n) is 4.17. The van der Waals surface area contributed by atoms with Crippen LogP contribution in [0.25, 0.3) is 5.70 Å². The molecule has 1 aliphatic heterocycles. The Morgan fingerprint density at radius 3 is 2.26 bits per heavy atom. The minimum Gasteiger partial charge on any atom is -0.301 e. The average molecular weight is 307 g/mol. The normalized spacial score (nSPS) is 19.5. The van der Waals surface area contributed by atoms with Gasteiger partial charge in [0.1, 0.15) is 12.3 Å². The molecule has 0 N–H and O–H groups in total. The van der Waals surface area contributed by atoms with Crippen LogP contribution in [0.3, 0.4) is 0 Å². The van der Waals surface area contributed by atoms with Crippen molar-refractivity contribution in [2.24, 2.45) is 5.41 Å². The van der Waals surface area contributed by atoms with Crippen molar-refractivity contribution in [1.82, 2.24) is 5.06 Å². The van der Waals surface area contributed by atoms with Crippen molar-refractivity contribution in [3.8, 4) is 0 Å². The van der Waals surface area contributed by atoms with E-state index in [1.807, 2.05) is 60.7 Å². The van der Waals surface area contributed by atoms with Crippen molar-refractivity contribution in [3.05, 3.63) is 77.9 Å². The lowest BCUT2D eigenvalue weighted by Crippen LogP contribution is -2.39. The Kier molecular flexibility index (Phi) is 4.30. The summed E-state index contributed by atoms with van der Waals surface area (Å²) in [5.41, 5.74) is 2.81. The maximum Gasteiger partial charge on any atom is 0.145 e. The van der Waals surface area contributed by atoms with Gasteiger partial charge in [-0.1, -0.05) is 74.5 Å². The molecular formula is C20H21NO2. The van der Waals surface area contributed by atoms with Crippen molar-refractivity contribution >= 4 is 12.0 Å². The van der Waals surface area contributed by atoms with Gasteiger partial charge < -0.3 is 4.79 Å². The van der Waals surface area contributed by atoms with Crippen LogP contribution >= 0.6 is 0 Å². The third-order valence-corrected chi connectivity index (χ3v) is 4.17. The van der Waals surface area contributed by atoms with Gasteiger partial charge in [-0.2, -0.15) is 0 Å². The number of carbonyl (C=O) groups is 1. The molecule has 0 saturated heterocycles. The summed E-state index contributed by atoms with van der Waals surface area (Å²) in [4.78, 5) is 17.7. The summed E-state index contributed by atoms with van der Waals surface area (Å²) in [6, 6.07) is 19.7. The zero-order valence-corrected chi connectivity index (χ0v) is 13.5. The van der Waals surface area contributed by atoms with E-state index in [2.05, 4.69) is 19.9 Å². The van der Waals surface area contributed by atoms with Crippen LogP contribution in [-0.2, 0) is 16.2 Å². The molecule has 0 bridgehead atoms. The topological polar surface area (TPSA) is 29.5 Å². The smallest absolute Gasteiger partial charge is 0.145 e. The second-order valence-electron chi connectivity index (χ2n) is 6.38. The molecule has 0 amide bonds. The van der Waals surface area contributed by atoms with E-state index >= 15 is 0 Å². The minimum absolute atomic E-state index is 0.274. The van der Waals surface area contributed by atoms with Crippen LogP contribution in [0.1, 0.15) is 25.0 Å². The number of hydroxylamine groups is 2. The summed E-state index contributed by atoms with van der Waals surface area (Å²) in [6.45, 7) is 4.55. The van der Waals surface area contributed by atoms with Gasteiger partial charge in [0, 0.05) is 5.41 Å². The fraction of sp³-hybridized carbons (Fsp3) is 0.250. The zero-order chi connectivity index (χ0) is 16.3. The number of benzene rings is 2. The van der Waals surface area contributed by atoms with E-state index in [1.54, 1.807) is 5.06 Å². The van der Waals surface area contributed by atoms with E-state index in [4.69, 9.17) is 4.84 Å². The van der Waals surface area contributed by atoms with Crippen LogP contribution in [0.15, 0.2) is 66.7 Å². The first-order chi connectivity index (χ1) is 11.1. The van der Waals surface area contributed by atoms with Crippen molar-refractivity contribution in [2.75, 3.05) is 0 Å². The Labute approximate surface area is 137 Å². The average Bonchev–Trinajstić information content (AvgIpc) is 2.84. The van der Waals surface area contributed by atoms with Gasteiger partial charge >= 0.3 is 0 Å². The predicted molar refractivity (Wildman–Crippen MR) is 91.1 cm³/mol. The number of aldehydes is 1. The van der Waals surface area contributed by atoms with Crippen molar-refractivity contribution < 1.29 is 9.63 Å². The SMILES string of the molecule is CC1(C)C=C(c2ccccc2)N(OCc2ccccc2)C1C=O. The molecule has 2 aromatic rings. The summed E-state index contributed by atoms with van der Waals surface area (Å²) < 4.78 is 0. The van der Waals surface area contributed by atoms with Crippen molar-refractivity contribution in [3.63, 3.8) is 0 Å². The highest BCUT2D eigenvalue weighted by molar-refractivity contribution is 5.74. The molecule has 1 aliphatic rings. The Morgan fingerprint density at radius 2 is 1.65 bits per heavy atom. The summed E-state index contributed by atoms with van der Waals surface area (Å²) in [7, 11) is 0. The first-order valence-corrected chi connectivity index (χ1v) is 7.81. The first kappa shape index (κ1) is 15.5. The van der Waals surface area contributed by atoms with E-state index in [-0.39, 0.29) is 11.5 Å². The van der Waals surface area contributed by atoms with Crippen LogP contribution in [0.2, 0.25) is 0 Å². The third kappa shape index (κ3) is 3.20. The maximum absolute atomic E-state index is 11.7. The van der Waals surface area contributed by atoms with Gasteiger partial charge in [-0.25, -0.2) is 5.06 Å². The van der Waals surface area contributed by atoms with Crippen LogP contribution in [0.5, 0.6) is 0 Å². The van der Waals surface area contributed by atoms with Gasteiger partial charge in [0.15, 0.2) is 0 Å². The highest BCUT2D eigenvalue weighted by Crippen LogP contribution is 2.41. The Morgan fingerprint density at radius 1 is 1.04 bits per heavy atom. The molecule has 0 fully saturated rings. The predicted octanol–water partition coefficient (Wildman–Crippen LogP) is 4.07. The number of rotatable bonds is 5. The lowest BCUT2D eigenvalue weighted by Gasteiger charge is -2.30. The van der Waals surface area contributed by atoms with E-state index in [0.29, 0.717) is 6.61 Å². The lowest BCUT2D eigenvalue weighted by atomic mass is 9.87. The molecule has 118 valence electrons. The van der Waals surface area contributed by atoms with Crippen LogP contribution in [-0.4, -0.2) is 17.4 Å². The van der Waals surface area contributed by atoms with Crippen molar-refractivity contribution in [2.45, 2.75) is 26.5 Å². The molecule has 0 aromatic heterocycles. The fourth-order valence-electron chi connectivity index (χ4n) is 2.87. The maximum atomic E-state index is 11.7. The van der Waals surface area contributed by atoms with Crippen LogP contribution in [0.4, 0.5) is 0 Å². The second-order valence-corrected chi connectivity index (χ2v) is 6.38. The van der Waals surface area contributed by atoms with Gasteiger partial charge in [-0.3, -0.25) is 4.84 Å². The van der Waals surface area contributed by atoms with Gasteiger partial charge in [-0.15, -0.1) is 0 Å². The number of carbonyl (C=O) groups excluding carboxylic acids is 1. The number of hydrogen-bond acceptors (Lipinski definition) is 3. The molecule has 23 heavy (non-hydrogen) atoms. The van der Waals surface area contributed by atoms with E-state index in [9.17, 15) is 4.79 Å².